The van der Waals surface area contributed by atoms with Crippen LogP contribution in [0, 0.1) is 0 Å². The van der Waals surface area contributed by atoms with Gasteiger partial charge >= 0.3 is 6.18 Å². The van der Waals surface area contributed by atoms with Crippen LogP contribution in [0.5, 0.6) is 5.88 Å². The van der Waals surface area contributed by atoms with E-state index in [9.17, 15) is 21.6 Å². The van der Waals surface area contributed by atoms with Crippen LogP contribution >= 0.6 is 0 Å². The van der Waals surface area contributed by atoms with Gasteiger partial charge in [0, 0.05) is 38.0 Å². The molecule has 2 atom stereocenters. The molecule has 3 heterocycles. The highest BCUT2D eigenvalue weighted by Gasteiger charge is 2.39. The predicted octanol–water partition coefficient (Wildman–Crippen LogP) is 3.29. The summed E-state index contributed by atoms with van der Waals surface area (Å²) in [5, 5.41) is 0. The summed E-state index contributed by atoms with van der Waals surface area (Å²) in [6.07, 6.45) is 2.37. The van der Waals surface area contributed by atoms with Gasteiger partial charge in [-0.05, 0) is 50.1 Å². The summed E-state index contributed by atoms with van der Waals surface area (Å²) in [6.45, 7) is 2.01. The minimum absolute atomic E-state index is 0.0274. The Morgan fingerprint density at radius 1 is 1.00 bits per heavy atom. The number of rotatable bonds is 5. The van der Waals surface area contributed by atoms with E-state index in [4.69, 9.17) is 4.74 Å². The van der Waals surface area contributed by atoms with Crippen LogP contribution in [-0.4, -0.2) is 65.9 Å². The highest BCUT2D eigenvalue weighted by atomic mass is 32.2. The first-order valence-corrected chi connectivity index (χ1v) is 12.5. The molecule has 0 amide bonds. The van der Waals surface area contributed by atoms with Crippen LogP contribution < -0.4 is 4.74 Å². The van der Waals surface area contributed by atoms with Crippen LogP contribution in [0.1, 0.15) is 42.9 Å². The SMILES string of the molecule is O=S(=O)(c1ccc(C(F)(F)F)cc1)N1CCCN2C[C@H](Oc3cnc(C4CC4)cn3)C[C@H]2C1. The molecule has 0 N–H and O–H groups in total. The van der Waals surface area contributed by atoms with E-state index >= 15 is 0 Å². The van der Waals surface area contributed by atoms with E-state index in [1.807, 2.05) is 0 Å². The number of ether oxygens (including phenoxy) is 1. The Bertz CT molecular complexity index is 1090. The quantitative estimate of drug-likeness (QED) is 0.651. The summed E-state index contributed by atoms with van der Waals surface area (Å²) in [7, 11) is -3.89. The molecule has 0 radical (unpaired) electrons. The third-order valence-corrected chi connectivity index (χ3v) is 8.39. The normalized spacial score (nSPS) is 24.9. The Morgan fingerprint density at radius 3 is 2.39 bits per heavy atom. The number of nitrogens with zero attached hydrogens (tertiary/aromatic N) is 4. The van der Waals surface area contributed by atoms with E-state index in [-0.39, 0.29) is 23.6 Å². The Kier molecular flexibility index (Phi) is 5.82. The second-order valence-electron chi connectivity index (χ2n) is 8.92. The van der Waals surface area contributed by atoms with Gasteiger partial charge in [0.15, 0.2) is 0 Å². The molecule has 1 aliphatic carbocycles. The first kappa shape index (κ1) is 22.5. The standard InChI is InChI=1S/C22H25F3N4O3S/c23-22(24,25)16-4-6-19(7-5-16)33(30,31)29-9-1-8-28-14-18(10-17(28)13-29)32-21-12-26-20(11-27-21)15-2-3-15/h4-7,11-12,15,17-18H,1-3,8-10,13-14H2/t17-,18+/m0/s1. The number of alkyl halides is 3. The van der Waals surface area contributed by atoms with Crippen molar-refractivity contribution in [1.29, 1.82) is 0 Å². The Morgan fingerprint density at radius 2 is 1.76 bits per heavy atom. The van der Waals surface area contributed by atoms with Gasteiger partial charge in [-0.2, -0.15) is 17.5 Å². The minimum Gasteiger partial charge on any atom is -0.472 e. The molecule has 1 aromatic carbocycles. The number of aromatic nitrogens is 2. The van der Waals surface area contributed by atoms with E-state index in [0.717, 1.165) is 49.3 Å². The second kappa shape index (κ2) is 8.52. The van der Waals surface area contributed by atoms with Crippen LogP contribution in [0.2, 0.25) is 0 Å². The zero-order chi connectivity index (χ0) is 23.2. The van der Waals surface area contributed by atoms with Gasteiger partial charge in [0.25, 0.3) is 0 Å². The van der Waals surface area contributed by atoms with E-state index in [1.165, 1.54) is 4.31 Å². The van der Waals surface area contributed by atoms with Gasteiger partial charge in [-0.1, -0.05) is 0 Å². The molecule has 3 fully saturated rings. The van der Waals surface area contributed by atoms with Crippen molar-refractivity contribution in [3.8, 4) is 5.88 Å². The molecule has 11 heteroatoms. The maximum Gasteiger partial charge on any atom is 0.416 e. The lowest BCUT2D eigenvalue weighted by Crippen LogP contribution is -2.39. The molecule has 1 aromatic heterocycles. The first-order chi connectivity index (χ1) is 15.7. The van der Waals surface area contributed by atoms with Gasteiger partial charge in [0.1, 0.15) is 6.10 Å². The van der Waals surface area contributed by atoms with Crippen molar-refractivity contribution >= 4 is 10.0 Å². The molecule has 5 rings (SSSR count). The number of hydrogen-bond acceptors (Lipinski definition) is 6. The molecule has 2 saturated heterocycles. The van der Waals surface area contributed by atoms with Gasteiger partial charge < -0.3 is 4.74 Å². The Balaban J connectivity index is 1.25. The zero-order valence-corrected chi connectivity index (χ0v) is 18.7. The van der Waals surface area contributed by atoms with E-state index in [0.29, 0.717) is 37.7 Å². The first-order valence-electron chi connectivity index (χ1n) is 11.1. The molecule has 7 nitrogen and oxygen atoms in total. The average Bonchev–Trinajstić information content (AvgIpc) is 3.59. The van der Waals surface area contributed by atoms with Gasteiger partial charge in [-0.3, -0.25) is 9.88 Å². The van der Waals surface area contributed by atoms with Gasteiger partial charge in [0.05, 0.1) is 28.5 Å². The van der Waals surface area contributed by atoms with Gasteiger partial charge in [0.2, 0.25) is 15.9 Å². The third kappa shape index (κ3) is 4.85. The molecule has 0 unspecified atom stereocenters. The van der Waals surface area contributed by atoms with E-state index in [1.54, 1.807) is 12.4 Å². The zero-order valence-electron chi connectivity index (χ0n) is 17.9. The molecule has 2 aliphatic heterocycles. The van der Waals surface area contributed by atoms with Gasteiger partial charge in [-0.25, -0.2) is 13.4 Å². The Labute approximate surface area is 190 Å². The summed E-state index contributed by atoms with van der Waals surface area (Å²) in [4.78, 5) is 10.9. The van der Waals surface area contributed by atoms with Crippen molar-refractivity contribution in [2.75, 3.05) is 26.2 Å². The van der Waals surface area contributed by atoms with Gasteiger partial charge in [-0.15, -0.1) is 0 Å². The maximum atomic E-state index is 13.1. The van der Waals surface area contributed by atoms with Crippen molar-refractivity contribution in [2.45, 2.75) is 54.8 Å². The number of benzene rings is 1. The molecule has 33 heavy (non-hydrogen) atoms. The molecule has 1 saturated carbocycles. The highest BCUT2D eigenvalue weighted by Crippen LogP contribution is 2.38. The van der Waals surface area contributed by atoms with E-state index in [2.05, 4.69) is 14.9 Å². The van der Waals surface area contributed by atoms with Crippen molar-refractivity contribution < 1.29 is 26.3 Å². The Hall–Kier alpha value is -2.24. The molecular weight excluding hydrogens is 457 g/mol. The smallest absolute Gasteiger partial charge is 0.416 e. The molecule has 0 spiro atoms. The second-order valence-corrected chi connectivity index (χ2v) is 10.9. The van der Waals surface area contributed by atoms with Crippen LogP contribution in [0.15, 0.2) is 41.6 Å². The van der Waals surface area contributed by atoms with Crippen LogP contribution in [0.25, 0.3) is 0 Å². The fourth-order valence-electron chi connectivity index (χ4n) is 4.59. The van der Waals surface area contributed by atoms with Crippen molar-refractivity contribution in [1.82, 2.24) is 19.2 Å². The fraction of sp³-hybridized carbons (Fsp3) is 0.545. The largest absolute Gasteiger partial charge is 0.472 e. The lowest BCUT2D eigenvalue weighted by atomic mass is 10.2. The van der Waals surface area contributed by atoms with Crippen molar-refractivity contribution in [3.05, 3.63) is 47.9 Å². The molecule has 2 aromatic rings. The number of halogens is 3. The lowest BCUT2D eigenvalue weighted by Gasteiger charge is -2.25. The lowest BCUT2D eigenvalue weighted by molar-refractivity contribution is -0.137. The van der Waals surface area contributed by atoms with Crippen molar-refractivity contribution in [2.24, 2.45) is 0 Å². The summed E-state index contributed by atoms with van der Waals surface area (Å²) < 4.78 is 72.2. The number of fused-ring (bicyclic) bond motifs is 1. The average molecular weight is 483 g/mol. The van der Waals surface area contributed by atoms with Crippen molar-refractivity contribution in [3.63, 3.8) is 0 Å². The van der Waals surface area contributed by atoms with Crippen LogP contribution in [0.4, 0.5) is 13.2 Å². The highest BCUT2D eigenvalue weighted by molar-refractivity contribution is 7.89. The molecular formula is C22H25F3N4O3S. The minimum atomic E-state index is -4.51. The fourth-order valence-corrected chi connectivity index (χ4v) is 6.11. The summed E-state index contributed by atoms with van der Waals surface area (Å²) in [5.41, 5.74) is 0.124. The summed E-state index contributed by atoms with van der Waals surface area (Å²) in [6, 6.07) is 3.66. The summed E-state index contributed by atoms with van der Waals surface area (Å²) in [5.74, 6) is 0.990. The number of sulfonamides is 1. The topological polar surface area (TPSA) is 75.6 Å². The van der Waals surface area contributed by atoms with Crippen LogP contribution in [-0.2, 0) is 16.2 Å². The third-order valence-electron chi connectivity index (χ3n) is 6.51. The molecule has 3 aliphatic rings. The predicted molar refractivity (Wildman–Crippen MR) is 113 cm³/mol. The van der Waals surface area contributed by atoms with E-state index < -0.39 is 21.8 Å². The van der Waals surface area contributed by atoms with Crippen LogP contribution in [0.3, 0.4) is 0 Å². The molecule has 178 valence electrons. The monoisotopic (exact) mass is 482 g/mol. The molecule has 0 bridgehead atoms. The maximum absolute atomic E-state index is 13.1. The number of hydrogen-bond donors (Lipinski definition) is 0. The summed E-state index contributed by atoms with van der Waals surface area (Å²) >= 11 is 0.